The van der Waals surface area contributed by atoms with Crippen LogP contribution in [0, 0.1) is 6.92 Å². The van der Waals surface area contributed by atoms with Crippen LogP contribution in [0.15, 0.2) is 60.7 Å². The Morgan fingerprint density at radius 1 is 0.972 bits per heavy atom. The van der Waals surface area contributed by atoms with Gasteiger partial charge in [0.2, 0.25) is 5.91 Å². The Morgan fingerprint density at radius 3 is 2.22 bits per heavy atom. The largest absolute Gasteiger partial charge is 0.494 e. The van der Waals surface area contributed by atoms with Gasteiger partial charge >= 0.3 is 0 Å². The molecular formula is C29H31N3O3S. The summed E-state index contributed by atoms with van der Waals surface area (Å²) in [7, 11) is 1.66. The Bertz CT molecular complexity index is 1350. The minimum atomic E-state index is -0.474. The Balaban J connectivity index is 1.62. The maximum absolute atomic E-state index is 14.5. The highest BCUT2D eigenvalue weighted by molar-refractivity contribution is 7.22. The lowest BCUT2D eigenvalue weighted by molar-refractivity contribution is -0.119. The van der Waals surface area contributed by atoms with E-state index in [0.717, 1.165) is 63.8 Å². The highest BCUT2D eigenvalue weighted by Crippen LogP contribution is 2.46. The molecule has 6 nitrogen and oxygen atoms in total. The SMILES string of the molecule is CCN(CC)CCN(C(=O)C1c2ccccc2Oc2ccccc21)c1nc2c(OC)ccc(C)c2s1. The number of rotatable bonds is 8. The number of aryl methyl sites for hydroxylation is 1. The van der Waals surface area contributed by atoms with Gasteiger partial charge in [-0.25, -0.2) is 4.98 Å². The van der Waals surface area contributed by atoms with Crippen molar-refractivity contribution >= 4 is 32.6 Å². The molecule has 0 unspecified atom stereocenters. The molecule has 5 rings (SSSR count). The zero-order chi connectivity index (χ0) is 25.2. The molecule has 1 aromatic heterocycles. The number of hydrogen-bond donors (Lipinski definition) is 0. The van der Waals surface area contributed by atoms with Crippen molar-refractivity contribution in [2.24, 2.45) is 0 Å². The molecule has 1 aliphatic rings. The van der Waals surface area contributed by atoms with Gasteiger partial charge in [0.1, 0.15) is 22.8 Å². The van der Waals surface area contributed by atoms with E-state index in [4.69, 9.17) is 14.5 Å². The van der Waals surface area contributed by atoms with E-state index in [1.165, 1.54) is 0 Å². The molecule has 0 aliphatic carbocycles. The van der Waals surface area contributed by atoms with Gasteiger partial charge in [-0.05, 0) is 43.8 Å². The third-order valence-corrected chi connectivity index (χ3v) is 8.08. The minimum absolute atomic E-state index is 0.000956. The average Bonchev–Trinajstić information content (AvgIpc) is 3.36. The molecule has 2 heterocycles. The van der Waals surface area contributed by atoms with E-state index in [0.29, 0.717) is 11.7 Å². The van der Waals surface area contributed by atoms with E-state index in [-0.39, 0.29) is 5.91 Å². The number of benzene rings is 3. The smallest absolute Gasteiger partial charge is 0.241 e. The number of likely N-dealkylation sites (N-methyl/N-ethyl adjacent to an activating group) is 1. The van der Waals surface area contributed by atoms with Crippen molar-refractivity contribution in [3.05, 3.63) is 77.4 Å². The second kappa shape index (κ2) is 10.3. The predicted octanol–water partition coefficient (Wildman–Crippen LogP) is 6.23. The Labute approximate surface area is 216 Å². The predicted molar refractivity (Wildman–Crippen MR) is 146 cm³/mol. The monoisotopic (exact) mass is 501 g/mol. The third kappa shape index (κ3) is 4.33. The summed E-state index contributed by atoms with van der Waals surface area (Å²) in [5, 5.41) is 0.691. The number of para-hydroxylation sites is 2. The van der Waals surface area contributed by atoms with Crippen LogP contribution in [-0.4, -0.2) is 49.1 Å². The van der Waals surface area contributed by atoms with Gasteiger partial charge in [-0.2, -0.15) is 0 Å². The van der Waals surface area contributed by atoms with Gasteiger partial charge in [-0.3, -0.25) is 9.69 Å². The first kappa shape index (κ1) is 24.3. The molecule has 0 fully saturated rings. The van der Waals surface area contributed by atoms with Gasteiger partial charge in [-0.1, -0.05) is 67.6 Å². The summed E-state index contributed by atoms with van der Waals surface area (Å²) in [6.07, 6.45) is 0. The zero-order valence-corrected chi connectivity index (χ0v) is 22.0. The molecule has 0 saturated carbocycles. The average molecular weight is 502 g/mol. The molecule has 0 N–H and O–H groups in total. The van der Waals surface area contributed by atoms with Gasteiger partial charge in [0.05, 0.1) is 17.7 Å². The number of anilines is 1. The first-order valence-electron chi connectivity index (χ1n) is 12.4. The van der Waals surface area contributed by atoms with Crippen LogP contribution in [0.3, 0.4) is 0 Å². The summed E-state index contributed by atoms with van der Waals surface area (Å²) in [5.74, 6) is 1.69. The molecule has 186 valence electrons. The highest BCUT2D eigenvalue weighted by atomic mass is 32.1. The van der Waals surface area contributed by atoms with Crippen molar-refractivity contribution in [1.29, 1.82) is 0 Å². The Morgan fingerprint density at radius 2 is 1.61 bits per heavy atom. The standard InChI is InChI=1S/C29H31N3O3S/c1-5-31(6-2)17-18-32(29-30-26-24(34-4)16-15-19(3)27(26)36-29)28(33)25-20-11-7-9-13-22(20)35-23-14-10-8-12-21(23)25/h7-16,25H,5-6,17-18H2,1-4H3. The minimum Gasteiger partial charge on any atom is -0.494 e. The first-order valence-corrected chi connectivity index (χ1v) is 13.2. The fourth-order valence-electron chi connectivity index (χ4n) is 4.79. The van der Waals surface area contributed by atoms with Crippen molar-refractivity contribution in [2.75, 3.05) is 38.2 Å². The number of hydrogen-bond acceptors (Lipinski definition) is 6. The number of nitrogens with zero attached hydrogens (tertiary/aromatic N) is 3. The van der Waals surface area contributed by atoms with Crippen LogP contribution in [0.5, 0.6) is 17.2 Å². The highest BCUT2D eigenvalue weighted by Gasteiger charge is 2.36. The number of carbonyl (C=O) groups is 1. The molecule has 3 aromatic carbocycles. The molecule has 1 amide bonds. The summed E-state index contributed by atoms with van der Waals surface area (Å²) in [5.41, 5.74) is 3.67. The fourth-order valence-corrected chi connectivity index (χ4v) is 5.87. The third-order valence-electron chi connectivity index (χ3n) is 6.87. The number of carbonyl (C=O) groups excluding carboxylic acids is 1. The van der Waals surface area contributed by atoms with Crippen molar-refractivity contribution in [2.45, 2.75) is 26.7 Å². The lowest BCUT2D eigenvalue weighted by Crippen LogP contribution is -2.42. The van der Waals surface area contributed by atoms with Crippen molar-refractivity contribution < 1.29 is 14.3 Å². The zero-order valence-electron chi connectivity index (χ0n) is 21.2. The second-order valence-corrected chi connectivity index (χ2v) is 9.86. The van der Waals surface area contributed by atoms with Crippen molar-refractivity contribution in [3.8, 4) is 17.2 Å². The van der Waals surface area contributed by atoms with Gasteiger partial charge in [-0.15, -0.1) is 0 Å². The normalized spacial score (nSPS) is 12.8. The summed E-state index contributed by atoms with van der Waals surface area (Å²) >= 11 is 1.55. The van der Waals surface area contributed by atoms with Gasteiger partial charge < -0.3 is 14.4 Å². The molecule has 36 heavy (non-hydrogen) atoms. The number of amides is 1. The second-order valence-electron chi connectivity index (χ2n) is 8.89. The van der Waals surface area contributed by atoms with Crippen LogP contribution < -0.4 is 14.4 Å². The van der Waals surface area contributed by atoms with E-state index in [1.807, 2.05) is 65.6 Å². The molecule has 0 saturated heterocycles. The van der Waals surface area contributed by atoms with Crippen LogP contribution in [0.2, 0.25) is 0 Å². The van der Waals surface area contributed by atoms with Crippen LogP contribution in [0.4, 0.5) is 5.13 Å². The fraction of sp³-hybridized carbons (Fsp3) is 0.310. The molecule has 0 bridgehead atoms. The van der Waals surface area contributed by atoms with Crippen LogP contribution in [0.1, 0.15) is 36.5 Å². The molecule has 4 aromatic rings. The van der Waals surface area contributed by atoms with Crippen molar-refractivity contribution in [3.63, 3.8) is 0 Å². The maximum Gasteiger partial charge on any atom is 0.241 e. The number of thiazole rings is 1. The van der Waals surface area contributed by atoms with Gasteiger partial charge in [0.15, 0.2) is 5.13 Å². The van der Waals surface area contributed by atoms with E-state index in [9.17, 15) is 4.79 Å². The van der Waals surface area contributed by atoms with Crippen LogP contribution in [-0.2, 0) is 4.79 Å². The maximum atomic E-state index is 14.5. The lowest BCUT2D eigenvalue weighted by Gasteiger charge is -2.32. The number of ether oxygens (including phenoxy) is 2. The topological polar surface area (TPSA) is 54.9 Å². The van der Waals surface area contributed by atoms with Crippen LogP contribution in [0.25, 0.3) is 10.2 Å². The summed E-state index contributed by atoms with van der Waals surface area (Å²) in [4.78, 5) is 23.7. The van der Waals surface area contributed by atoms with Crippen molar-refractivity contribution in [1.82, 2.24) is 9.88 Å². The quantitative estimate of drug-likeness (QED) is 0.287. The summed E-state index contributed by atoms with van der Waals surface area (Å²) in [6, 6.07) is 19.6. The van der Waals surface area contributed by atoms with Crippen LogP contribution >= 0.6 is 11.3 Å². The summed E-state index contributed by atoms with van der Waals surface area (Å²) in [6.45, 7) is 9.51. The van der Waals surface area contributed by atoms with E-state index < -0.39 is 5.92 Å². The summed E-state index contributed by atoms with van der Waals surface area (Å²) < 4.78 is 12.8. The van der Waals surface area contributed by atoms with E-state index in [1.54, 1.807) is 18.4 Å². The van der Waals surface area contributed by atoms with E-state index >= 15 is 0 Å². The van der Waals surface area contributed by atoms with Gasteiger partial charge in [0.25, 0.3) is 0 Å². The number of fused-ring (bicyclic) bond motifs is 3. The van der Waals surface area contributed by atoms with Gasteiger partial charge in [0, 0.05) is 24.2 Å². The molecule has 0 spiro atoms. The molecular weight excluding hydrogens is 470 g/mol. The molecule has 7 heteroatoms. The number of aromatic nitrogens is 1. The number of methoxy groups -OCH3 is 1. The first-order chi connectivity index (χ1) is 17.5. The molecule has 1 aliphatic heterocycles. The molecule has 0 atom stereocenters. The molecule has 0 radical (unpaired) electrons. The van der Waals surface area contributed by atoms with E-state index in [2.05, 4.69) is 25.7 Å². The lowest BCUT2D eigenvalue weighted by atomic mass is 9.87. The Kier molecular flexibility index (Phi) is 6.94. The Hall–Kier alpha value is -3.42.